The zero-order chi connectivity index (χ0) is 23.0. The molecule has 10 heteroatoms. The molecule has 7 nitrogen and oxygen atoms in total. The number of amides is 1. The first-order chi connectivity index (χ1) is 15.3. The molecule has 1 aromatic carbocycles. The van der Waals surface area contributed by atoms with Gasteiger partial charge in [-0.25, -0.2) is 18.2 Å². The molecule has 0 saturated heterocycles. The number of alkyl halides is 2. The zero-order valence-corrected chi connectivity index (χ0v) is 16.6. The van der Waals surface area contributed by atoms with Gasteiger partial charge >= 0.3 is 0 Å². The van der Waals surface area contributed by atoms with Crippen molar-refractivity contribution >= 4 is 11.9 Å². The van der Waals surface area contributed by atoms with Gasteiger partial charge in [0.15, 0.2) is 11.5 Å². The lowest BCUT2D eigenvalue weighted by Gasteiger charge is -2.27. The Morgan fingerprint density at radius 2 is 1.94 bits per heavy atom. The molecule has 2 N–H and O–H groups in total. The van der Waals surface area contributed by atoms with Crippen LogP contribution in [0.1, 0.15) is 28.8 Å². The van der Waals surface area contributed by atoms with Gasteiger partial charge in [0, 0.05) is 36.8 Å². The summed E-state index contributed by atoms with van der Waals surface area (Å²) in [5, 5.41) is 9.13. The van der Waals surface area contributed by atoms with Crippen molar-refractivity contribution in [2.75, 3.05) is 7.05 Å². The number of guanidine groups is 1. The van der Waals surface area contributed by atoms with E-state index >= 15 is 4.39 Å². The van der Waals surface area contributed by atoms with Crippen LogP contribution in [0.2, 0.25) is 0 Å². The third-order valence-electron chi connectivity index (χ3n) is 5.22. The number of hydrogen-bond acceptors (Lipinski definition) is 6. The van der Waals surface area contributed by atoms with Crippen molar-refractivity contribution < 1.29 is 18.0 Å². The van der Waals surface area contributed by atoms with Gasteiger partial charge in [0.1, 0.15) is 17.6 Å². The Labute approximate surface area is 180 Å². The number of nitriles is 1. The topological polar surface area (TPSA) is 108 Å². The van der Waals surface area contributed by atoms with E-state index in [1.807, 2.05) is 6.07 Å². The normalized spacial score (nSPS) is 18.1. The summed E-state index contributed by atoms with van der Waals surface area (Å²) < 4.78 is 41.8. The van der Waals surface area contributed by atoms with Gasteiger partial charge in [0.05, 0.1) is 5.56 Å². The van der Waals surface area contributed by atoms with Crippen molar-refractivity contribution in [3.8, 4) is 17.2 Å². The second-order valence-corrected chi connectivity index (χ2v) is 7.08. The Kier molecular flexibility index (Phi) is 5.10. The van der Waals surface area contributed by atoms with Gasteiger partial charge in [-0.15, -0.1) is 0 Å². The Hall–Kier alpha value is -4.26. The molecule has 2 aromatic heterocycles. The Morgan fingerprint density at radius 3 is 2.59 bits per heavy atom. The molecular formula is C22H15F3N6O. The van der Waals surface area contributed by atoms with Crippen LogP contribution in [0, 0.1) is 17.1 Å². The van der Waals surface area contributed by atoms with Crippen molar-refractivity contribution in [2.45, 2.75) is 12.0 Å². The van der Waals surface area contributed by atoms with Crippen LogP contribution in [0.15, 0.2) is 60.0 Å². The van der Waals surface area contributed by atoms with Gasteiger partial charge in [-0.05, 0) is 41.5 Å². The minimum absolute atomic E-state index is 0.0000468. The van der Waals surface area contributed by atoms with Crippen molar-refractivity contribution in [3.05, 3.63) is 83.2 Å². The fourth-order valence-electron chi connectivity index (χ4n) is 3.59. The summed E-state index contributed by atoms with van der Waals surface area (Å²) in [7, 11) is 1.36. The Bertz CT molecular complexity index is 1300. The highest BCUT2D eigenvalue weighted by Crippen LogP contribution is 2.42. The largest absolute Gasteiger partial charge is 0.369 e. The third kappa shape index (κ3) is 3.24. The monoisotopic (exact) mass is 436 g/mol. The second-order valence-electron chi connectivity index (χ2n) is 7.08. The van der Waals surface area contributed by atoms with Gasteiger partial charge in [-0.1, -0.05) is 6.07 Å². The molecule has 160 valence electrons. The summed E-state index contributed by atoms with van der Waals surface area (Å²) in [6.45, 7) is 0. The summed E-state index contributed by atoms with van der Waals surface area (Å²) in [6, 6.07) is 9.84. The van der Waals surface area contributed by atoms with E-state index in [4.69, 9.17) is 11.0 Å². The number of nitrogens with two attached hydrogens (primary N) is 1. The van der Waals surface area contributed by atoms with Crippen LogP contribution in [0.4, 0.5) is 13.2 Å². The van der Waals surface area contributed by atoms with Crippen LogP contribution in [0.5, 0.6) is 0 Å². The highest BCUT2D eigenvalue weighted by atomic mass is 19.3. The van der Waals surface area contributed by atoms with E-state index < -0.39 is 29.4 Å². The smallest absolute Gasteiger partial charge is 0.280 e. The van der Waals surface area contributed by atoms with Crippen molar-refractivity contribution in [3.63, 3.8) is 0 Å². The molecule has 1 atom stereocenters. The Balaban J connectivity index is 1.99. The lowest BCUT2D eigenvalue weighted by molar-refractivity contribution is -0.129. The molecule has 1 unspecified atom stereocenters. The van der Waals surface area contributed by atoms with Crippen LogP contribution >= 0.6 is 0 Å². The van der Waals surface area contributed by atoms with Crippen LogP contribution in [-0.4, -0.2) is 33.8 Å². The number of nitrogens with zero attached hydrogens (tertiary/aromatic N) is 5. The average molecular weight is 436 g/mol. The van der Waals surface area contributed by atoms with E-state index in [-0.39, 0.29) is 22.6 Å². The van der Waals surface area contributed by atoms with Crippen LogP contribution in [0.25, 0.3) is 11.1 Å². The molecule has 0 fully saturated rings. The summed E-state index contributed by atoms with van der Waals surface area (Å²) >= 11 is 0. The SMILES string of the molecule is CN1C(=O)C(c2ccnc(C(F)F)c2)(c2cc(-c3cncc(C#N)c3)ccc2F)N=C1N. The first-order valence-corrected chi connectivity index (χ1v) is 9.31. The lowest BCUT2D eigenvalue weighted by atomic mass is 9.81. The minimum atomic E-state index is -2.90. The van der Waals surface area contributed by atoms with Crippen LogP contribution < -0.4 is 5.73 Å². The highest BCUT2D eigenvalue weighted by Gasteiger charge is 2.51. The number of hydrogen-bond donors (Lipinski definition) is 1. The third-order valence-corrected chi connectivity index (χ3v) is 5.22. The number of carbonyl (C=O) groups is 1. The average Bonchev–Trinajstić information content (AvgIpc) is 3.04. The maximum Gasteiger partial charge on any atom is 0.280 e. The fraction of sp³-hybridized carbons (Fsp3) is 0.136. The number of benzene rings is 1. The van der Waals surface area contributed by atoms with Gasteiger partial charge in [-0.2, -0.15) is 5.26 Å². The molecule has 1 aliphatic heterocycles. The molecule has 0 bridgehead atoms. The number of carbonyl (C=O) groups excluding carboxylic acids is 1. The minimum Gasteiger partial charge on any atom is -0.369 e. The van der Waals surface area contributed by atoms with Crippen molar-refractivity contribution in [2.24, 2.45) is 10.7 Å². The van der Waals surface area contributed by atoms with E-state index in [9.17, 15) is 13.6 Å². The van der Waals surface area contributed by atoms with Gasteiger partial charge in [0.2, 0.25) is 0 Å². The lowest BCUT2D eigenvalue weighted by Crippen LogP contribution is -2.41. The van der Waals surface area contributed by atoms with E-state index in [1.54, 1.807) is 6.07 Å². The number of pyridine rings is 2. The quantitative estimate of drug-likeness (QED) is 0.676. The van der Waals surface area contributed by atoms with Gasteiger partial charge in [0.25, 0.3) is 12.3 Å². The molecular weight excluding hydrogens is 421 g/mol. The molecule has 3 aromatic rings. The molecule has 0 aliphatic carbocycles. The molecule has 0 spiro atoms. The Morgan fingerprint density at radius 1 is 1.16 bits per heavy atom. The predicted molar refractivity (Wildman–Crippen MR) is 109 cm³/mol. The molecule has 4 rings (SSSR count). The van der Waals surface area contributed by atoms with E-state index in [0.717, 1.165) is 23.2 Å². The van der Waals surface area contributed by atoms with Crippen LogP contribution in [0.3, 0.4) is 0 Å². The first kappa shape index (κ1) is 21.0. The molecule has 1 aliphatic rings. The maximum absolute atomic E-state index is 15.2. The van der Waals surface area contributed by atoms with E-state index in [1.165, 1.54) is 37.6 Å². The number of halogens is 3. The first-order valence-electron chi connectivity index (χ1n) is 9.31. The molecule has 1 amide bonds. The van der Waals surface area contributed by atoms with Crippen molar-refractivity contribution in [1.29, 1.82) is 5.26 Å². The van der Waals surface area contributed by atoms with E-state index in [0.29, 0.717) is 11.1 Å². The van der Waals surface area contributed by atoms with Crippen LogP contribution in [-0.2, 0) is 10.3 Å². The number of aliphatic imine (C=N–C) groups is 1. The number of rotatable bonds is 4. The highest BCUT2D eigenvalue weighted by molar-refractivity contribution is 6.09. The summed E-state index contributed by atoms with van der Waals surface area (Å²) in [5.41, 5.74) is 4.33. The van der Waals surface area contributed by atoms with E-state index in [2.05, 4.69) is 15.0 Å². The second kappa shape index (κ2) is 7.77. The molecule has 3 heterocycles. The summed E-state index contributed by atoms with van der Waals surface area (Å²) in [4.78, 5) is 26.2. The summed E-state index contributed by atoms with van der Waals surface area (Å²) in [5.74, 6) is -1.68. The maximum atomic E-state index is 15.2. The number of aromatic nitrogens is 2. The molecule has 32 heavy (non-hydrogen) atoms. The molecule has 0 radical (unpaired) electrons. The van der Waals surface area contributed by atoms with Gasteiger partial charge < -0.3 is 5.73 Å². The zero-order valence-electron chi connectivity index (χ0n) is 16.6. The summed E-state index contributed by atoms with van der Waals surface area (Å²) in [6.07, 6.45) is 1.06. The number of likely N-dealkylation sites (N-methyl/N-ethyl adjacent to an activating group) is 1. The van der Waals surface area contributed by atoms with Gasteiger partial charge in [-0.3, -0.25) is 19.7 Å². The van der Waals surface area contributed by atoms with Crippen molar-refractivity contribution in [1.82, 2.24) is 14.9 Å². The standard InChI is InChI=1S/C22H15F3N6O/c1-31-20(32)22(30-21(31)27,15-4-5-29-18(8-15)19(24)25)16-7-13(2-3-17(16)23)14-6-12(9-26)10-28-11-14/h2-8,10-11,19H,1H3,(H2,27,30). The molecule has 0 saturated carbocycles. The predicted octanol–water partition coefficient (Wildman–Crippen LogP) is 3.12. The fourth-order valence-corrected chi connectivity index (χ4v) is 3.59.